The van der Waals surface area contributed by atoms with Crippen LogP contribution in [-0.4, -0.2) is 54.4 Å². The number of rotatable bonds is 5. The molecule has 2 rings (SSSR count). The standard InChI is InChI=1S/C16H24N2O3/c1-12-8-18(9-15(11-19)21-12)10-16(20)17-13(2)14-6-4-3-5-7-14/h3-7,12-13,15,19H,8-11H2,1-2H3,(H,17,20). The summed E-state index contributed by atoms with van der Waals surface area (Å²) in [6.45, 7) is 5.56. The Labute approximate surface area is 125 Å². The van der Waals surface area contributed by atoms with E-state index in [1.54, 1.807) is 0 Å². The fourth-order valence-corrected chi connectivity index (χ4v) is 2.69. The Morgan fingerprint density at radius 3 is 2.81 bits per heavy atom. The van der Waals surface area contributed by atoms with Gasteiger partial charge in [-0.15, -0.1) is 0 Å². The number of amides is 1. The summed E-state index contributed by atoms with van der Waals surface area (Å²) in [5, 5.41) is 12.2. The van der Waals surface area contributed by atoms with Gasteiger partial charge in [0.25, 0.3) is 0 Å². The number of morpholine rings is 1. The number of benzene rings is 1. The molecule has 1 amide bonds. The Morgan fingerprint density at radius 1 is 1.43 bits per heavy atom. The van der Waals surface area contributed by atoms with Crippen LogP contribution in [0.1, 0.15) is 25.5 Å². The topological polar surface area (TPSA) is 61.8 Å². The van der Waals surface area contributed by atoms with E-state index in [1.807, 2.05) is 49.1 Å². The number of hydrogen-bond donors (Lipinski definition) is 2. The maximum Gasteiger partial charge on any atom is 0.234 e. The number of nitrogens with zero attached hydrogens (tertiary/aromatic N) is 1. The number of carbonyl (C=O) groups excluding carboxylic acids is 1. The average Bonchev–Trinajstić information content (AvgIpc) is 2.47. The second-order valence-electron chi connectivity index (χ2n) is 5.65. The van der Waals surface area contributed by atoms with E-state index in [9.17, 15) is 9.90 Å². The largest absolute Gasteiger partial charge is 0.394 e. The van der Waals surface area contributed by atoms with Crippen LogP contribution in [0.3, 0.4) is 0 Å². The van der Waals surface area contributed by atoms with E-state index in [4.69, 9.17) is 4.74 Å². The minimum atomic E-state index is -0.201. The molecular formula is C16H24N2O3. The van der Waals surface area contributed by atoms with E-state index in [0.717, 1.165) is 5.56 Å². The fraction of sp³-hybridized carbons (Fsp3) is 0.562. The van der Waals surface area contributed by atoms with Crippen LogP contribution in [-0.2, 0) is 9.53 Å². The van der Waals surface area contributed by atoms with Crippen molar-refractivity contribution in [3.63, 3.8) is 0 Å². The highest BCUT2D eigenvalue weighted by atomic mass is 16.5. The Morgan fingerprint density at radius 2 is 2.14 bits per heavy atom. The maximum absolute atomic E-state index is 12.1. The van der Waals surface area contributed by atoms with E-state index in [1.165, 1.54) is 0 Å². The molecule has 1 saturated heterocycles. The number of ether oxygens (including phenoxy) is 1. The molecule has 1 fully saturated rings. The van der Waals surface area contributed by atoms with E-state index in [2.05, 4.69) is 5.32 Å². The summed E-state index contributed by atoms with van der Waals surface area (Å²) >= 11 is 0. The molecule has 0 spiro atoms. The molecule has 21 heavy (non-hydrogen) atoms. The summed E-state index contributed by atoms with van der Waals surface area (Å²) in [6, 6.07) is 9.89. The van der Waals surface area contributed by atoms with E-state index in [0.29, 0.717) is 19.6 Å². The Balaban J connectivity index is 1.84. The summed E-state index contributed by atoms with van der Waals surface area (Å²) in [5.41, 5.74) is 1.09. The van der Waals surface area contributed by atoms with Gasteiger partial charge in [-0.25, -0.2) is 0 Å². The zero-order valence-corrected chi connectivity index (χ0v) is 12.7. The van der Waals surface area contributed by atoms with Gasteiger partial charge in [-0.1, -0.05) is 30.3 Å². The molecule has 0 aromatic heterocycles. The third-order valence-corrected chi connectivity index (χ3v) is 3.65. The third-order valence-electron chi connectivity index (χ3n) is 3.65. The highest BCUT2D eigenvalue weighted by molar-refractivity contribution is 5.78. The zero-order valence-electron chi connectivity index (χ0n) is 12.7. The summed E-state index contributed by atoms with van der Waals surface area (Å²) in [4.78, 5) is 14.2. The third kappa shape index (κ3) is 4.81. The Hall–Kier alpha value is -1.43. The van der Waals surface area contributed by atoms with Crippen LogP contribution in [0.5, 0.6) is 0 Å². The van der Waals surface area contributed by atoms with Gasteiger partial charge in [0, 0.05) is 13.1 Å². The van der Waals surface area contributed by atoms with Gasteiger partial charge in [-0.3, -0.25) is 9.69 Å². The molecule has 1 aliphatic heterocycles. The van der Waals surface area contributed by atoms with Crippen molar-refractivity contribution in [2.45, 2.75) is 32.1 Å². The van der Waals surface area contributed by atoms with Crippen LogP contribution in [0.15, 0.2) is 30.3 Å². The summed E-state index contributed by atoms with van der Waals surface area (Å²) < 4.78 is 5.57. The molecule has 116 valence electrons. The lowest BCUT2D eigenvalue weighted by molar-refractivity contribution is -0.129. The van der Waals surface area contributed by atoms with Gasteiger partial charge < -0.3 is 15.2 Å². The van der Waals surface area contributed by atoms with Gasteiger partial charge in [-0.05, 0) is 19.4 Å². The van der Waals surface area contributed by atoms with Crippen LogP contribution >= 0.6 is 0 Å². The molecule has 0 bridgehead atoms. The minimum absolute atomic E-state index is 0.00265. The molecule has 1 aromatic carbocycles. The van der Waals surface area contributed by atoms with Crippen LogP contribution in [0, 0.1) is 0 Å². The Bertz CT molecular complexity index is 452. The molecule has 1 aliphatic rings. The molecule has 1 aromatic rings. The molecule has 0 aliphatic carbocycles. The number of hydrogen-bond acceptors (Lipinski definition) is 4. The van der Waals surface area contributed by atoms with Gasteiger partial charge in [-0.2, -0.15) is 0 Å². The lowest BCUT2D eigenvalue weighted by atomic mass is 10.1. The van der Waals surface area contributed by atoms with Gasteiger partial charge in [0.2, 0.25) is 5.91 Å². The number of carbonyl (C=O) groups is 1. The minimum Gasteiger partial charge on any atom is -0.394 e. The highest BCUT2D eigenvalue weighted by Gasteiger charge is 2.26. The summed E-state index contributed by atoms with van der Waals surface area (Å²) in [6.07, 6.45) is -0.164. The van der Waals surface area contributed by atoms with Crippen molar-refractivity contribution in [3.8, 4) is 0 Å². The highest BCUT2D eigenvalue weighted by Crippen LogP contribution is 2.13. The van der Waals surface area contributed by atoms with Gasteiger partial charge in [0.1, 0.15) is 0 Å². The van der Waals surface area contributed by atoms with Crippen molar-refractivity contribution < 1.29 is 14.6 Å². The molecule has 5 nitrogen and oxygen atoms in total. The number of aliphatic hydroxyl groups excluding tert-OH is 1. The molecule has 3 atom stereocenters. The number of nitrogens with one attached hydrogen (secondary N) is 1. The number of aliphatic hydroxyl groups is 1. The second kappa shape index (κ2) is 7.54. The SMILES string of the molecule is CC1CN(CC(=O)NC(C)c2ccccc2)CC(CO)O1. The first-order chi connectivity index (χ1) is 10.1. The van der Waals surface area contributed by atoms with Gasteiger partial charge >= 0.3 is 0 Å². The van der Waals surface area contributed by atoms with Crippen molar-refractivity contribution in [1.82, 2.24) is 10.2 Å². The van der Waals surface area contributed by atoms with Crippen LogP contribution in [0.4, 0.5) is 0 Å². The first-order valence-electron chi connectivity index (χ1n) is 7.41. The second-order valence-corrected chi connectivity index (χ2v) is 5.65. The van der Waals surface area contributed by atoms with Gasteiger partial charge in [0.05, 0.1) is 31.4 Å². The van der Waals surface area contributed by atoms with Crippen LogP contribution < -0.4 is 5.32 Å². The van der Waals surface area contributed by atoms with Crippen molar-refractivity contribution in [1.29, 1.82) is 0 Å². The summed E-state index contributed by atoms with van der Waals surface area (Å²) in [5.74, 6) is -0.00265. The van der Waals surface area contributed by atoms with Crippen LogP contribution in [0.2, 0.25) is 0 Å². The first-order valence-corrected chi connectivity index (χ1v) is 7.41. The van der Waals surface area contributed by atoms with Crippen molar-refractivity contribution in [2.75, 3.05) is 26.2 Å². The average molecular weight is 292 g/mol. The smallest absolute Gasteiger partial charge is 0.234 e. The van der Waals surface area contributed by atoms with Crippen molar-refractivity contribution in [3.05, 3.63) is 35.9 Å². The van der Waals surface area contributed by atoms with E-state index >= 15 is 0 Å². The Kier molecular flexibility index (Phi) is 5.73. The normalized spacial score (nSPS) is 24.5. The molecule has 0 radical (unpaired) electrons. The first kappa shape index (κ1) is 15.9. The van der Waals surface area contributed by atoms with Crippen molar-refractivity contribution >= 4 is 5.91 Å². The van der Waals surface area contributed by atoms with Crippen LogP contribution in [0.25, 0.3) is 0 Å². The summed E-state index contributed by atoms with van der Waals surface area (Å²) in [7, 11) is 0. The quantitative estimate of drug-likeness (QED) is 0.848. The molecule has 0 saturated carbocycles. The lowest BCUT2D eigenvalue weighted by Gasteiger charge is -2.35. The predicted octanol–water partition coefficient (Wildman–Crippen LogP) is 0.945. The van der Waals surface area contributed by atoms with Crippen molar-refractivity contribution in [2.24, 2.45) is 0 Å². The molecule has 3 unspecified atom stereocenters. The molecule has 2 N–H and O–H groups in total. The lowest BCUT2D eigenvalue weighted by Crippen LogP contribution is -2.51. The maximum atomic E-state index is 12.1. The van der Waals surface area contributed by atoms with Gasteiger partial charge in [0.15, 0.2) is 0 Å². The molecule has 1 heterocycles. The fourth-order valence-electron chi connectivity index (χ4n) is 2.69. The van der Waals surface area contributed by atoms with E-state index < -0.39 is 0 Å². The van der Waals surface area contributed by atoms with E-state index in [-0.39, 0.29) is 30.8 Å². The monoisotopic (exact) mass is 292 g/mol. The zero-order chi connectivity index (χ0) is 15.2. The molecular weight excluding hydrogens is 268 g/mol. The molecule has 5 heteroatoms. The predicted molar refractivity (Wildman–Crippen MR) is 80.9 cm³/mol.